The van der Waals surface area contributed by atoms with Crippen molar-refractivity contribution in [3.8, 4) is 0 Å². The average molecular weight is 323 g/mol. The number of nitrogens with one attached hydrogen (secondary N) is 2. The predicted molar refractivity (Wildman–Crippen MR) is 94.6 cm³/mol. The highest BCUT2D eigenvalue weighted by molar-refractivity contribution is 6.31. The molecule has 0 radical (unpaired) electrons. The maximum absolute atomic E-state index is 6.25. The topological polar surface area (TPSA) is 39.7 Å². The lowest BCUT2D eigenvalue weighted by molar-refractivity contribution is 0.210. The normalized spacial score (nSPS) is 21.5. The van der Waals surface area contributed by atoms with Gasteiger partial charge in [-0.1, -0.05) is 29.8 Å². The van der Waals surface area contributed by atoms with Crippen molar-refractivity contribution in [3.63, 3.8) is 0 Å². The van der Waals surface area contributed by atoms with Crippen LogP contribution in [-0.2, 0) is 0 Å². The van der Waals surface area contributed by atoms with Crippen LogP contribution in [0.15, 0.2) is 29.3 Å². The predicted octanol–water partition coefficient (Wildman–Crippen LogP) is 2.91. The first kappa shape index (κ1) is 17.1. The van der Waals surface area contributed by atoms with Crippen molar-refractivity contribution in [1.82, 2.24) is 15.5 Å². The highest BCUT2D eigenvalue weighted by Crippen LogP contribution is 2.22. The lowest BCUT2D eigenvalue weighted by Gasteiger charge is -2.30. The number of nitrogens with zero attached hydrogens (tertiary/aromatic N) is 2. The molecular formula is C17H27ClN4. The molecular weight excluding hydrogens is 296 g/mol. The fraction of sp³-hybridized carbons (Fsp3) is 0.588. The van der Waals surface area contributed by atoms with Gasteiger partial charge >= 0.3 is 0 Å². The van der Waals surface area contributed by atoms with Crippen LogP contribution >= 0.6 is 11.6 Å². The Labute approximate surface area is 138 Å². The summed E-state index contributed by atoms with van der Waals surface area (Å²) in [6.45, 7) is 5.43. The second-order valence-corrected chi connectivity index (χ2v) is 6.52. The van der Waals surface area contributed by atoms with E-state index in [2.05, 4.69) is 34.5 Å². The van der Waals surface area contributed by atoms with Crippen LogP contribution in [0.25, 0.3) is 0 Å². The molecule has 1 aromatic carbocycles. The Bertz CT molecular complexity index is 503. The number of aliphatic imine (C=N–C) groups is 1. The van der Waals surface area contributed by atoms with Crippen LogP contribution in [0.5, 0.6) is 0 Å². The summed E-state index contributed by atoms with van der Waals surface area (Å²) in [6.07, 6.45) is 2.57. The molecule has 2 N–H and O–H groups in total. The third-order valence-corrected chi connectivity index (χ3v) is 4.57. The molecule has 1 aliphatic heterocycles. The third kappa shape index (κ3) is 4.89. The molecule has 2 rings (SSSR count). The molecule has 0 saturated carbocycles. The monoisotopic (exact) mass is 322 g/mol. The molecule has 1 heterocycles. The number of hydrogen-bond donors (Lipinski definition) is 2. The quantitative estimate of drug-likeness (QED) is 0.661. The van der Waals surface area contributed by atoms with Gasteiger partial charge in [0.1, 0.15) is 0 Å². The van der Waals surface area contributed by atoms with Crippen LogP contribution in [0.3, 0.4) is 0 Å². The fourth-order valence-corrected chi connectivity index (χ4v) is 3.28. The van der Waals surface area contributed by atoms with E-state index in [9.17, 15) is 0 Å². The zero-order valence-electron chi connectivity index (χ0n) is 13.8. The average Bonchev–Trinajstić information content (AvgIpc) is 2.51. The van der Waals surface area contributed by atoms with E-state index in [-0.39, 0.29) is 6.04 Å². The second-order valence-electron chi connectivity index (χ2n) is 6.11. The molecule has 5 heteroatoms. The van der Waals surface area contributed by atoms with Gasteiger partial charge in [-0.3, -0.25) is 4.99 Å². The van der Waals surface area contributed by atoms with Crippen LogP contribution in [-0.4, -0.2) is 44.6 Å². The van der Waals surface area contributed by atoms with Crippen molar-refractivity contribution < 1.29 is 0 Å². The Morgan fingerprint density at radius 2 is 2.23 bits per heavy atom. The summed E-state index contributed by atoms with van der Waals surface area (Å²) in [5.74, 6) is 1.52. The minimum Gasteiger partial charge on any atom is -0.356 e. The van der Waals surface area contributed by atoms with Gasteiger partial charge in [-0.05, 0) is 50.9 Å². The number of piperidine rings is 1. The summed E-state index contributed by atoms with van der Waals surface area (Å²) < 4.78 is 0. The molecule has 0 bridgehead atoms. The van der Waals surface area contributed by atoms with Gasteiger partial charge in [0.25, 0.3) is 0 Å². The van der Waals surface area contributed by atoms with Gasteiger partial charge in [-0.15, -0.1) is 0 Å². The molecule has 0 amide bonds. The van der Waals surface area contributed by atoms with Crippen LogP contribution in [0.2, 0.25) is 5.02 Å². The van der Waals surface area contributed by atoms with E-state index in [0.29, 0.717) is 5.92 Å². The van der Waals surface area contributed by atoms with Gasteiger partial charge in [0, 0.05) is 25.2 Å². The van der Waals surface area contributed by atoms with Gasteiger partial charge in [-0.2, -0.15) is 0 Å². The van der Waals surface area contributed by atoms with E-state index in [1.165, 1.54) is 19.4 Å². The highest BCUT2D eigenvalue weighted by atomic mass is 35.5. The number of halogens is 1. The first-order valence-corrected chi connectivity index (χ1v) is 8.38. The first-order chi connectivity index (χ1) is 10.6. The standard InChI is InChI=1S/C17H27ClN4/c1-13(15-8-4-5-9-16(15)18)21-17(19-2)20-11-14-7-6-10-22(3)12-14/h4-5,8-9,13-14H,6-7,10-12H2,1-3H3,(H2,19,20,21). The molecule has 1 aliphatic rings. The number of rotatable bonds is 4. The largest absolute Gasteiger partial charge is 0.356 e. The molecule has 0 aliphatic carbocycles. The van der Waals surface area contributed by atoms with Crippen molar-refractivity contribution in [2.24, 2.45) is 10.9 Å². The minimum absolute atomic E-state index is 0.119. The van der Waals surface area contributed by atoms with Crippen LogP contribution in [0.4, 0.5) is 0 Å². The molecule has 4 nitrogen and oxygen atoms in total. The van der Waals surface area contributed by atoms with Gasteiger partial charge in [0.2, 0.25) is 0 Å². The van der Waals surface area contributed by atoms with Crippen LogP contribution < -0.4 is 10.6 Å². The zero-order valence-corrected chi connectivity index (χ0v) is 14.5. The second kappa shape index (κ2) is 8.39. The van der Waals surface area contributed by atoms with Crippen molar-refractivity contribution in [2.45, 2.75) is 25.8 Å². The van der Waals surface area contributed by atoms with Gasteiger partial charge in [0.05, 0.1) is 6.04 Å². The molecule has 2 atom stereocenters. The molecule has 0 spiro atoms. The van der Waals surface area contributed by atoms with Gasteiger partial charge in [-0.25, -0.2) is 0 Å². The Morgan fingerprint density at radius 3 is 2.91 bits per heavy atom. The molecule has 122 valence electrons. The number of benzene rings is 1. The summed E-state index contributed by atoms with van der Waals surface area (Å²) in [7, 11) is 4.00. The molecule has 1 fully saturated rings. The fourth-order valence-electron chi connectivity index (χ4n) is 2.98. The molecule has 1 saturated heterocycles. The van der Waals surface area contributed by atoms with E-state index >= 15 is 0 Å². The summed E-state index contributed by atoms with van der Waals surface area (Å²) in [5.41, 5.74) is 1.09. The van der Waals surface area contributed by atoms with Crippen molar-refractivity contribution in [1.29, 1.82) is 0 Å². The van der Waals surface area contributed by atoms with Crippen LogP contribution in [0.1, 0.15) is 31.4 Å². The van der Waals surface area contributed by atoms with E-state index in [4.69, 9.17) is 11.6 Å². The summed E-state index contributed by atoms with van der Waals surface area (Å²) in [6, 6.07) is 8.04. The lowest BCUT2D eigenvalue weighted by atomic mass is 9.98. The maximum Gasteiger partial charge on any atom is 0.191 e. The minimum atomic E-state index is 0.119. The Morgan fingerprint density at radius 1 is 1.45 bits per heavy atom. The third-order valence-electron chi connectivity index (χ3n) is 4.23. The lowest BCUT2D eigenvalue weighted by Crippen LogP contribution is -2.44. The zero-order chi connectivity index (χ0) is 15.9. The van der Waals surface area contributed by atoms with E-state index in [1.807, 2.05) is 31.3 Å². The van der Waals surface area contributed by atoms with Crippen molar-refractivity contribution >= 4 is 17.6 Å². The number of guanidine groups is 1. The number of hydrogen-bond acceptors (Lipinski definition) is 2. The molecule has 0 aromatic heterocycles. The summed E-state index contributed by atoms with van der Waals surface area (Å²) in [4.78, 5) is 6.73. The first-order valence-electron chi connectivity index (χ1n) is 8.00. The SMILES string of the molecule is CN=C(NCC1CCCN(C)C1)NC(C)c1ccccc1Cl. The molecule has 1 aromatic rings. The number of likely N-dealkylation sites (tertiary alicyclic amines) is 1. The van der Waals surface area contributed by atoms with E-state index in [1.54, 1.807) is 0 Å². The summed E-state index contributed by atoms with van der Waals surface area (Å²) in [5, 5.41) is 7.65. The summed E-state index contributed by atoms with van der Waals surface area (Å²) >= 11 is 6.25. The van der Waals surface area contributed by atoms with E-state index in [0.717, 1.165) is 29.6 Å². The van der Waals surface area contributed by atoms with E-state index < -0.39 is 0 Å². The van der Waals surface area contributed by atoms with Crippen LogP contribution in [0, 0.1) is 5.92 Å². The van der Waals surface area contributed by atoms with Gasteiger partial charge < -0.3 is 15.5 Å². The maximum atomic E-state index is 6.25. The van der Waals surface area contributed by atoms with Crippen molar-refractivity contribution in [3.05, 3.63) is 34.9 Å². The highest BCUT2D eigenvalue weighted by Gasteiger charge is 2.18. The molecule has 22 heavy (non-hydrogen) atoms. The van der Waals surface area contributed by atoms with Gasteiger partial charge in [0.15, 0.2) is 5.96 Å². The smallest absolute Gasteiger partial charge is 0.191 e. The Balaban J connectivity index is 1.86. The molecule has 2 unspecified atom stereocenters. The Hall–Kier alpha value is -1.26. The Kier molecular flexibility index (Phi) is 6.52. The van der Waals surface area contributed by atoms with Crippen molar-refractivity contribution in [2.75, 3.05) is 33.7 Å².